The topological polar surface area (TPSA) is 28.2 Å². The summed E-state index contributed by atoms with van der Waals surface area (Å²) in [5, 5.41) is 3.57. The molecule has 1 unspecified atom stereocenters. The first-order valence-electron chi connectivity index (χ1n) is 6.84. The normalized spacial score (nSPS) is 25.1. The molecule has 1 aromatic rings. The van der Waals surface area contributed by atoms with Gasteiger partial charge in [-0.2, -0.15) is 0 Å². The number of pyridine rings is 1. The Hall–Kier alpha value is -1.09. The second kappa shape index (κ2) is 4.65. The maximum absolute atomic E-state index is 4.53. The molecule has 92 valence electrons. The van der Waals surface area contributed by atoms with Gasteiger partial charge in [-0.1, -0.05) is 13.0 Å². The number of rotatable bonds is 4. The number of hydrogen-bond acceptors (Lipinski definition) is 3. The van der Waals surface area contributed by atoms with E-state index in [1.165, 1.54) is 37.8 Å². The molecule has 1 aliphatic heterocycles. The van der Waals surface area contributed by atoms with Crippen LogP contribution in [0.2, 0.25) is 0 Å². The van der Waals surface area contributed by atoms with Crippen molar-refractivity contribution < 1.29 is 0 Å². The molecule has 3 nitrogen and oxygen atoms in total. The fraction of sp³-hybridized carbons (Fsp3) is 0.643. The quantitative estimate of drug-likeness (QED) is 0.863. The van der Waals surface area contributed by atoms with E-state index >= 15 is 0 Å². The van der Waals surface area contributed by atoms with Gasteiger partial charge in [0.1, 0.15) is 5.82 Å². The van der Waals surface area contributed by atoms with Gasteiger partial charge in [0, 0.05) is 23.8 Å². The van der Waals surface area contributed by atoms with Gasteiger partial charge in [0.15, 0.2) is 0 Å². The van der Waals surface area contributed by atoms with Crippen LogP contribution in [-0.4, -0.2) is 29.0 Å². The monoisotopic (exact) mass is 231 g/mol. The molecule has 3 heteroatoms. The molecule has 1 saturated heterocycles. The maximum atomic E-state index is 4.53. The molecule has 1 atom stereocenters. The number of nitrogens with zero attached hydrogens (tertiary/aromatic N) is 2. The molecule has 3 rings (SSSR count). The SMILES string of the molecule is CCN1CCCC1c1cccnc1NC1CC1. The summed E-state index contributed by atoms with van der Waals surface area (Å²) < 4.78 is 0. The van der Waals surface area contributed by atoms with Gasteiger partial charge in [0.25, 0.3) is 0 Å². The van der Waals surface area contributed by atoms with Crippen molar-refractivity contribution in [3.8, 4) is 0 Å². The van der Waals surface area contributed by atoms with E-state index in [0.717, 1.165) is 12.4 Å². The lowest BCUT2D eigenvalue weighted by Crippen LogP contribution is -2.23. The Morgan fingerprint density at radius 2 is 2.29 bits per heavy atom. The lowest BCUT2D eigenvalue weighted by atomic mass is 10.1. The second-order valence-corrected chi connectivity index (χ2v) is 5.15. The summed E-state index contributed by atoms with van der Waals surface area (Å²) in [6.45, 7) is 4.63. The molecule has 1 aromatic heterocycles. The lowest BCUT2D eigenvalue weighted by Gasteiger charge is -2.24. The molecule has 1 saturated carbocycles. The summed E-state index contributed by atoms with van der Waals surface area (Å²) in [4.78, 5) is 7.10. The Morgan fingerprint density at radius 1 is 1.41 bits per heavy atom. The Bertz CT molecular complexity index is 387. The van der Waals surface area contributed by atoms with E-state index in [2.05, 4.69) is 34.3 Å². The molecule has 0 aromatic carbocycles. The standard InChI is InChI=1S/C14H21N3/c1-2-17-10-4-6-13(17)12-5-3-9-15-14(12)16-11-7-8-11/h3,5,9,11,13H,2,4,6-8,10H2,1H3,(H,15,16). The van der Waals surface area contributed by atoms with E-state index in [0.29, 0.717) is 12.1 Å². The smallest absolute Gasteiger partial charge is 0.130 e. The molecule has 2 heterocycles. The number of hydrogen-bond donors (Lipinski definition) is 1. The molecule has 2 aliphatic rings. The summed E-state index contributed by atoms with van der Waals surface area (Å²) in [7, 11) is 0. The van der Waals surface area contributed by atoms with Crippen molar-refractivity contribution in [2.45, 2.75) is 44.7 Å². The van der Waals surface area contributed by atoms with Crippen molar-refractivity contribution >= 4 is 5.82 Å². The lowest BCUT2D eigenvalue weighted by molar-refractivity contribution is 0.272. The van der Waals surface area contributed by atoms with Crippen LogP contribution in [0.5, 0.6) is 0 Å². The van der Waals surface area contributed by atoms with Crippen molar-refractivity contribution in [3.63, 3.8) is 0 Å². The van der Waals surface area contributed by atoms with Gasteiger partial charge in [-0.3, -0.25) is 4.90 Å². The molecule has 0 bridgehead atoms. The van der Waals surface area contributed by atoms with Crippen LogP contribution in [0.1, 0.15) is 44.2 Å². The summed E-state index contributed by atoms with van der Waals surface area (Å²) in [6, 6.07) is 5.57. The van der Waals surface area contributed by atoms with Crippen LogP contribution >= 0.6 is 0 Å². The third-order valence-electron chi connectivity index (χ3n) is 3.89. The Kier molecular flexibility index (Phi) is 3.02. The Labute approximate surface area is 103 Å². The van der Waals surface area contributed by atoms with Gasteiger partial charge in [0.05, 0.1) is 0 Å². The average Bonchev–Trinajstić information content (AvgIpc) is 3.05. The highest BCUT2D eigenvalue weighted by atomic mass is 15.2. The van der Waals surface area contributed by atoms with Crippen LogP contribution < -0.4 is 5.32 Å². The first kappa shape index (κ1) is 11.0. The minimum atomic E-state index is 0.579. The molecule has 17 heavy (non-hydrogen) atoms. The summed E-state index contributed by atoms with van der Waals surface area (Å²) in [5.74, 6) is 1.13. The molecule has 2 fully saturated rings. The molecule has 0 spiro atoms. The molecule has 1 N–H and O–H groups in total. The van der Waals surface area contributed by atoms with Crippen LogP contribution in [-0.2, 0) is 0 Å². The first-order valence-corrected chi connectivity index (χ1v) is 6.84. The molecular formula is C14H21N3. The van der Waals surface area contributed by atoms with Crippen molar-refractivity contribution in [2.24, 2.45) is 0 Å². The van der Waals surface area contributed by atoms with Gasteiger partial charge in [-0.05, 0) is 44.8 Å². The third kappa shape index (κ3) is 2.29. The van der Waals surface area contributed by atoms with Crippen molar-refractivity contribution in [2.75, 3.05) is 18.4 Å². The highest BCUT2D eigenvalue weighted by Gasteiger charge is 2.29. The third-order valence-corrected chi connectivity index (χ3v) is 3.89. The number of aromatic nitrogens is 1. The zero-order valence-corrected chi connectivity index (χ0v) is 10.5. The van der Waals surface area contributed by atoms with Gasteiger partial charge in [0.2, 0.25) is 0 Å². The van der Waals surface area contributed by atoms with Crippen LogP contribution in [0.4, 0.5) is 5.82 Å². The fourth-order valence-corrected chi connectivity index (χ4v) is 2.79. The van der Waals surface area contributed by atoms with Crippen molar-refractivity contribution in [1.29, 1.82) is 0 Å². The van der Waals surface area contributed by atoms with Crippen LogP contribution in [0.3, 0.4) is 0 Å². The highest BCUT2D eigenvalue weighted by Crippen LogP contribution is 2.36. The van der Waals surface area contributed by atoms with Crippen molar-refractivity contribution in [3.05, 3.63) is 23.9 Å². The predicted molar refractivity (Wildman–Crippen MR) is 70.1 cm³/mol. The fourth-order valence-electron chi connectivity index (χ4n) is 2.79. The van der Waals surface area contributed by atoms with Gasteiger partial charge in [-0.25, -0.2) is 4.98 Å². The van der Waals surface area contributed by atoms with E-state index in [-0.39, 0.29) is 0 Å². The Morgan fingerprint density at radius 3 is 3.06 bits per heavy atom. The van der Waals surface area contributed by atoms with Gasteiger partial charge in [-0.15, -0.1) is 0 Å². The van der Waals surface area contributed by atoms with E-state index in [4.69, 9.17) is 0 Å². The van der Waals surface area contributed by atoms with E-state index in [1.807, 2.05) is 6.20 Å². The number of likely N-dealkylation sites (tertiary alicyclic amines) is 1. The largest absolute Gasteiger partial charge is 0.367 e. The van der Waals surface area contributed by atoms with E-state index in [9.17, 15) is 0 Å². The minimum absolute atomic E-state index is 0.579. The zero-order chi connectivity index (χ0) is 11.7. The number of nitrogens with one attached hydrogen (secondary N) is 1. The molecule has 0 radical (unpaired) electrons. The zero-order valence-electron chi connectivity index (χ0n) is 10.5. The van der Waals surface area contributed by atoms with Crippen LogP contribution in [0.15, 0.2) is 18.3 Å². The van der Waals surface area contributed by atoms with Crippen LogP contribution in [0.25, 0.3) is 0 Å². The first-order chi connectivity index (χ1) is 8.38. The molecule has 0 amide bonds. The van der Waals surface area contributed by atoms with Gasteiger partial charge >= 0.3 is 0 Å². The van der Waals surface area contributed by atoms with Gasteiger partial charge < -0.3 is 5.32 Å². The number of anilines is 1. The highest BCUT2D eigenvalue weighted by molar-refractivity contribution is 5.47. The maximum Gasteiger partial charge on any atom is 0.130 e. The Balaban J connectivity index is 1.84. The second-order valence-electron chi connectivity index (χ2n) is 5.15. The summed E-state index contributed by atoms with van der Waals surface area (Å²) >= 11 is 0. The summed E-state index contributed by atoms with van der Waals surface area (Å²) in [6.07, 6.45) is 7.10. The van der Waals surface area contributed by atoms with Crippen molar-refractivity contribution in [1.82, 2.24) is 9.88 Å². The average molecular weight is 231 g/mol. The molecule has 1 aliphatic carbocycles. The summed E-state index contributed by atoms with van der Waals surface area (Å²) in [5.41, 5.74) is 1.40. The predicted octanol–water partition coefficient (Wildman–Crippen LogP) is 2.81. The minimum Gasteiger partial charge on any atom is -0.367 e. The molecular weight excluding hydrogens is 210 g/mol. The van der Waals surface area contributed by atoms with Crippen LogP contribution in [0, 0.1) is 0 Å². The van der Waals surface area contributed by atoms with E-state index < -0.39 is 0 Å². The van der Waals surface area contributed by atoms with E-state index in [1.54, 1.807) is 0 Å².